The lowest BCUT2D eigenvalue weighted by atomic mass is 10.0. The van der Waals surface area contributed by atoms with Gasteiger partial charge in [0.15, 0.2) is 0 Å². The molecular weight excluding hydrogens is 254 g/mol. The van der Waals surface area contributed by atoms with Gasteiger partial charge in [0.25, 0.3) is 0 Å². The summed E-state index contributed by atoms with van der Waals surface area (Å²) in [6.45, 7) is 3.76. The highest BCUT2D eigenvalue weighted by Crippen LogP contribution is 2.27. The third kappa shape index (κ3) is 2.75. The Morgan fingerprint density at radius 2 is 2.25 bits per heavy atom. The number of fused-ring (bicyclic) bond motifs is 1. The summed E-state index contributed by atoms with van der Waals surface area (Å²) < 4.78 is 10.5. The molecule has 2 N–H and O–H groups in total. The van der Waals surface area contributed by atoms with Gasteiger partial charge in [-0.15, -0.1) is 0 Å². The van der Waals surface area contributed by atoms with E-state index < -0.39 is 0 Å². The molecule has 0 aliphatic carbocycles. The Labute approximate surface area is 118 Å². The lowest BCUT2D eigenvalue weighted by Gasteiger charge is -2.06. The Morgan fingerprint density at radius 1 is 1.35 bits per heavy atom. The number of ether oxygens (including phenoxy) is 2. The van der Waals surface area contributed by atoms with Crippen LogP contribution >= 0.6 is 0 Å². The second kappa shape index (κ2) is 6.17. The van der Waals surface area contributed by atoms with Gasteiger partial charge in [-0.05, 0) is 17.2 Å². The van der Waals surface area contributed by atoms with Crippen LogP contribution in [0.3, 0.4) is 0 Å². The van der Waals surface area contributed by atoms with Crippen LogP contribution in [0.1, 0.15) is 16.7 Å². The Bertz CT molecular complexity index is 580. The maximum atomic E-state index is 5.46. The maximum Gasteiger partial charge on any atom is 0.0725 e. The number of hydrogen-bond donors (Lipinski definition) is 2. The third-order valence-corrected chi connectivity index (χ3v) is 3.53. The fraction of sp³-hybridized carbons (Fsp3) is 0.400. The summed E-state index contributed by atoms with van der Waals surface area (Å²) in [5, 5.41) is 10.6. The minimum absolute atomic E-state index is 0.707. The molecule has 0 saturated carbocycles. The number of hydrogen-bond acceptors (Lipinski definition) is 4. The number of nitrogens with zero attached hydrogens (tertiary/aromatic N) is 1. The van der Waals surface area contributed by atoms with E-state index in [4.69, 9.17) is 9.47 Å². The molecule has 5 nitrogen and oxygen atoms in total. The van der Waals surface area contributed by atoms with Crippen LogP contribution in [-0.2, 0) is 29.2 Å². The summed E-state index contributed by atoms with van der Waals surface area (Å²) in [7, 11) is 1.71. The van der Waals surface area contributed by atoms with Crippen molar-refractivity contribution >= 4 is 0 Å². The quantitative estimate of drug-likeness (QED) is 0.789. The highest BCUT2D eigenvalue weighted by Gasteiger charge is 2.14. The van der Waals surface area contributed by atoms with Gasteiger partial charge in [-0.3, -0.25) is 5.10 Å². The van der Waals surface area contributed by atoms with Crippen molar-refractivity contribution in [3.05, 3.63) is 41.1 Å². The molecule has 3 rings (SSSR count). The monoisotopic (exact) mass is 273 g/mol. The summed E-state index contributed by atoms with van der Waals surface area (Å²) in [6, 6.07) is 6.45. The van der Waals surface area contributed by atoms with Crippen molar-refractivity contribution in [1.82, 2.24) is 15.5 Å². The first kappa shape index (κ1) is 13.3. The van der Waals surface area contributed by atoms with Gasteiger partial charge in [0.05, 0.1) is 31.7 Å². The fourth-order valence-corrected chi connectivity index (χ4v) is 2.42. The average Bonchev–Trinajstić information content (AvgIpc) is 3.11. The Morgan fingerprint density at radius 3 is 3.15 bits per heavy atom. The van der Waals surface area contributed by atoms with E-state index in [-0.39, 0.29) is 0 Å². The second-order valence-electron chi connectivity index (χ2n) is 4.92. The molecule has 0 unspecified atom stereocenters. The molecule has 2 heterocycles. The normalized spacial score (nSPS) is 13.7. The van der Waals surface area contributed by atoms with E-state index in [1.807, 2.05) is 6.20 Å². The lowest BCUT2D eigenvalue weighted by Crippen LogP contribution is -2.18. The average molecular weight is 273 g/mol. The zero-order valence-corrected chi connectivity index (χ0v) is 11.6. The number of rotatable bonds is 6. The number of aromatic nitrogens is 2. The molecular formula is C15H19N3O2. The third-order valence-electron chi connectivity index (χ3n) is 3.53. The molecule has 5 heteroatoms. The highest BCUT2D eigenvalue weighted by molar-refractivity contribution is 5.64. The highest BCUT2D eigenvalue weighted by atomic mass is 16.5. The first-order valence-corrected chi connectivity index (χ1v) is 6.80. The van der Waals surface area contributed by atoms with Crippen molar-refractivity contribution in [2.45, 2.75) is 19.8 Å². The molecule has 0 spiro atoms. The van der Waals surface area contributed by atoms with Gasteiger partial charge < -0.3 is 14.8 Å². The van der Waals surface area contributed by atoms with Crippen LogP contribution in [-0.4, -0.2) is 30.5 Å². The van der Waals surface area contributed by atoms with Gasteiger partial charge in [0.2, 0.25) is 0 Å². The number of aromatic amines is 1. The lowest BCUT2D eigenvalue weighted by molar-refractivity contribution is 0.134. The van der Waals surface area contributed by atoms with E-state index in [2.05, 4.69) is 33.7 Å². The van der Waals surface area contributed by atoms with Crippen molar-refractivity contribution in [1.29, 1.82) is 0 Å². The Balaban J connectivity index is 1.75. The van der Waals surface area contributed by atoms with E-state index in [9.17, 15) is 0 Å². The number of H-pyrrole nitrogens is 1. The molecule has 1 aromatic carbocycles. The molecule has 1 aromatic heterocycles. The van der Waals surface area contributed by atoms with Crippen molar-refractivity contribution in [2.75, 3.05) is 20.3 Å². The smallest absolute Gasteiger partial charge is 0.0725 e. The SMILES string of the molecule is COCCNCc1cn[nH]c1-c1ccc2c(c1)COC2. The van der Waals surface area contributed by atoms with E-state index in [0.717, 1.165) is 31.0 Å². The molecule has 20 heavy (non-hydrogen) atoms. The summed E-state index contributed by atoms with van der Waals surface area (Å²) in [5.41, 5.74) is 5.96. The van der Waals surface area contributed by atoms with Crippen LogP contribution in [0, 0.1) is 0 Å². The van der Waals surface area contributed by atoms with Gasteiger partial charge in [-0.1, -0.05) is 12.1 Å². The number of nitrogens with one attached hydrogen (secondary N) is 2. The van der Waals surface area contributed by atoms with Crippen LogP contribution in [0.5, 0.6) is 0 Å². The van der Waals surface area contributed by atoms with E-state index in [0.29, 0.717) is 13.2 Å². The van der Waals surface area contributed by atoms with Crippen molar-refractivity contribution in [3.8, 4) is 11.3 Å². The zero-order valence-electron chi connectivity index (χ0n) is 11.6. The molecule has 1 aliphatic heterocycles. The van der Waals surface area contributed by atoms with Gasteiger partial charge in [-0.25, -0.2) is 0 Å². The maximum absolute atomic E-state index is 5.46. The molecule has 0 atom stereocenters. The molecule has 0 amide bonds. The van der Waals surface area contributed by atoms with Crippen molar-refractivity contribution in [3.63, 3.8) is 0 Å². The van der Waals surface area contributed by atoms with Crippen LogP contribution in [0.25, 0.3) is 11.3 Å². The minimum Gasteiger partial charge on any atom is -0.383 e. The molecule has 0 fully saturated rings. The summed E-state index contributed by atoms with van der Waals surface area (Å²) >= 11 is 0. The van der Waals surface area contributed by atoms with Crippen molar-refractivity contribution < 1.29 is 9.47 Å². The Hall–Kier alpha value is -1.69. The largest absolute Gasteiger partial charge is 0.383 e. The summed E-state index contributed by atoms with van der Waals surface area (Å²) in [5.74, 6) is 0. The predicted molar refractivity (Wildman–Crippen MR) is 76.1 cm³/mol. The van der Waals surface area contributed by atoms with Crippen LogP contribution in [0.4, 0.5) is 0 Å². The molecule has 106 valence electrons. The van der Waals surface area contributed by atoms with Gasteiger partial charge >= 0.3 is 0 Å². The predicted octanol–water partition coefficient (Wildman–Crippen LogP) is 1.84. The molecule has 0 bridgehead atoms. The second-order valence-corrected chi connectivity index (χ2v) is 4.92. The van der Waals surface area contributed by atoms with Crippen LogP contribution in [0.2, 0.25) is 0 Å². The van der Waals surface area contributed by atoms with Crippen LogP contribution in [0.15, 0.2) is 24.4 Å². The summed E-state index contributed by atoms with van der Waals surface area (Å²) in [4.78, 5) is 0. The van der Waals surface area contributed by atoms with Gasteiger partial charge in [0.1, 0.15) is 0 Å². The molecule has 0 saturated heterocycles. The van der Waals surface area contributed by atoms with Gasteiger partial charge in [0, 0.05) is 31.3 Å². The standard InChI is InChI=1S/C15H19N3O2/c1-19-5-4-16-7-14-8-17-18-15(14)11-2-3-12-9-20-10-13(12)6-11/h2-3,6,8,16H,4-5,7,9-10H2,1H3,(H,17,18). The number of methoxy groups -OCH3 is 1. The van der Waals surface area contributed by atoms with Crippen molar-refractivity contribution in [2.24, 2.45) is 0 Å². The molecule has 2 aromatic rings. The minimum atomic E-state index is 0.707. The van der Waals surface area contributed by atoms with E-state index in [1.165, 1.54) is 16.7 Å². The number of benzene rings is 1. The first-order chi connectivity index (χ1) is 9.88. The topological polar surface area (TPSA) is 59.2 Å². The fourth-order valence-electron chi connectivity index (χ4n) is 2.42. The molecule has 0 radical (unpaired) electrons. The summed E-state index contributed by atoms with van der Waals surface area (Å²) in [6.07, 6.45) is 1.87. The van der Waals surface area contributed by atoms with Crippen LogP contribution < -0.4 is 5.32 Å². The van der Waals surface area contributed by atoms with E-state index in [1.54, 1.807) is 7.11 Å². The molecule has 1 aliphatic rings. The van der Waals surface area contributed by atoms with Gasteiger partial charge in [-0.2, -0.15) is 5.10 Å². The van der Waals surface area contributed by atoms with E-state index >= 15 is 0 Å². The first-order valence-electron chi connectivity index (χ1n) is 6.80. The zero-order chi connectivity index (χ0) is 13.8. The Kier molecular flexibility index (Phi) is 4.11.